The number of aromatic nitrogens is 2. The van der Waals surface area contributed by atoms with E-state index in [0.717, 1.165) is 70.7 Å². The van der Waals surface area contributed by atoms with Crippen molar-refractivity contribution in [3.8, 4) is 0 Å². The van der Waals surface area contributed by atoms with Crippen molar-refractivity contribution in [2.45, 2.75) is 57.1 Å². The number of nitrogens with zero attached hydrogens (tertiary/aromatic N) is 4. The first-order chi connectivity index (χ1) is 11.8. The largest absolute Gasteiger partial charge is 0.377 e. The van der Waals surface area contributed by atoms with E-state index in [1.54, 1.807) is 0 Å². The maximum Gasteiger partial charge on any atom is 0.236 e. The van der Waals surface area contributed by atoms with Crippen LogP contribution in [0.5, 0.6) is 0 Å². The summed E-state index contributed by atoms with van der Waals surface area (Å²) in [5.41, 5.74) is 0. The molecule has 7 heteroatoms. The minimum atomic E-state index is 0.205. The van der Waals surface area contributed by atoms with Gasteiger partial charge in [0.25, 0.3) is 0 Å². The Morgan fingerprint density at radius 1 is 1.21 bits per heavy atom. The van der Waals surface area contributed by atoms with Crippen LogP contribution in [0.4, 0.5) is 0 Å². The van der Waals surface area contributed by atoms with Crippen molar-refractivity contribution in [2.75, 3.05) is 32.8 Å². The molecule has 0 unspecified atom stereocenters. The third-order valence-electron chi connectivity index (χ3n) is 5.08. The van der Waals surface area contributed by atoms with E-state index in [2.05, 4.69) is 15.0 Å². The summed E-state index contributed by atoms with van der Waals surface area (Å²) in [6.07, 6.45) is 6.91. The number of likely N-dealkylation sites (tertiary alicyclic amines) is 1. The molecule has 1 saturated carbocycles. The Bertz CT molecular complexity index is 560. The Balaban J connectivity index is 1.38. The van der Waals surface area contributed by atoms with E-state index in [-0.39, 0.29) is 12.0 Å². The van der Waals surface area contributed by atoms with Gasteiger partial charge in [0.15, 0.2) is 5.82 Å². The van der Waals surface area contributed by atoms with Gasteiger partial charge in [-0.25, -0.2) is 0 Å². The number of hydrogen-bond donors (Lipinski definition) is 0. The average Bonchev–Trinajstić information content (AvgIpc) is 3.03. The first-order valence-corrected chi connectivity index (χ1v) is 9.22. The second-order valence-electron chi connectivity index (χ2n) is 7.22. The van der Waals surface area contributed by atoms with Crippen LogP contribution in [0, 0.1) is 0 Å². The first-order valence-electron chi connectivity index (χ1n) is 9.22. The topological polar surface area (TPSA) is 71.7 Å². The van der Waals surface area contributed by atoms with Gasteiger partial charge in [0.05, 0.1) is 19.2 Å². The lowest BCUT2D eigenvalue weighted by atomic mass is 10.2. The van der Waals surface area contributed by atoms with Crippen molar-refractivity contribution in [1.29, 1.82) is 0 Å². The van der Waals surface area contributed by atoms with E-state index in [0.29, 0.717) is 24.8 Å². The second kappa shape index (κ2) is 7.19. The van der Waals surface area contributed by atoms with Gasteiger partial charge in [-0.2, -0.15) is 4.98 Å². The summed E-state index contributed by atoms with van der Waals surface area (Å²) in [5.74, 6) is 2.11. The van der Waals surface area contributed by atoms with E-state index in [9.17, 15) is 4.79 Å². The zero-order valence-electron chi connectivity index (χ0n) is 14.2. The molecule has 1 amide bonds. The SMILES string of the molecule is O=C(CN(Cc1noc(C2CC2)n1)C[C@H]1CCCO1)N1CCCC1. The van der Waals surface area contributed by atoms with Crippen LogP contribution < -0.4 is 0 Å². The number of hydrogen-bond acceptors (Lipinski definition) is 6. The molecule has 3 heterocycles. The summed E-state index contributed by atoms with van der Waals surface area (Å²) >= 11 is 0. The van der Waals surface area contributed by atoms with Gasteiger partial charge in [-0.1, -0.05) is 5.16 Å². The van der Waals surface area contributed by atoms with Crippen LogP contribution in [0.2, 0.25) is 0 Å². The molecule has 1 aromatic heterocycles. The van der Waals surface area contributed by atoms with Crippen LogP contribution in [-0.4, -0.2) is 64.7 Å². The zero-order valence-corrected chi connectivity index (χ0v) is 14.2. The van der Waals surface area contributed by atoms with Crippen LogP contribution in [0.3, 0.4) is 0 Å². The van der Waals surface area contributed by atoms with E-state index >= 15 is 0 Å². The summed E-state index contributed by atoms with van der Waals surface area (Å²) in [4.78, 5) is 21.1. The molecule has 0 spiro atoms. The Morgan fingerprint density at radius 3 is 2.75 bits per heavy atom. The van der Waals surface area contributed by atoms with Gasteiger partial charge in [0.1, 0.15) is 0 Å². The molecule has 4 rings (SSSR count). The quantitative estimate of drug-likeness (QED) is 0.753. The molecule has 1 aromatic rings. The molecule has 1 aliphatic carbocycles. The molecule has 0 N–H and O–H groups in total. The fourth-order valence-corrected chi connectivity index (χ4v) is 3.55. The van der Waals surface area contributed by atoms with Crippen LogP contribution in [0.1, 0.15) is 56.2 Å². The van der Waals surface area contributed by atoms with E-state index in [4.69, 9.17) is 9.26 Å². The molecular weight excluding hydrogens is 308 g/mol. The maximum absolute atomic E-state index is 12.5. The van der Waals surface area contributed by atoms with Crippen molar-refractivity contribution >= 4 is 5.91 Å². The highest BCUT2D eigenvalue weighted by Gasteiger charge is 2.30. The lowest BCUT2D eigenvalue weighted by Crippen LogP contribution is -2.41. The number of amides is 1. The predicted molar refractivity (Wildman–Crippen MR) is 86.3 cm³/mol. The molecule has 3 fully saturated rings. The van der Waals surface area contributed by atoms with Crippen LogP contribution >= 0.6 is 0 Å². The lowest BCUT2D eigenvalue weighted by molar-refractivity contribution is -0.131. The van der Waals surface area contributed by atoms with Crippen molar-refractivity contribution in [2.24, 2.45) is 0 Å². The number of carbonyl (C=O) groups excluding carboxylic acids is 1. The zero-order chi connectivity index (χ0) is 16.4. The second-order valence-corrected chi connectivity index (χ2v) is 7.22. The smallest absolute Gasteiger partial charge is 0.236 e. The molecule has 0 aromatic carbocycles. The van der Waals surface area contributed by atoms with Gasteiger partial charge < -0.3 is 14.2 Å². The Kier molecular flexibility index (Phi) is 4.80. The molecule has 0 bridgehead atoms. The summed E-state index contributed by atoms with van der Waals surface area (Å²) in [7, 11) is 0. The fraction of sp³-hybridized carbons (Fsp3) is 0.824. The van der Waals surface area contributed by atoms with Crippen molar-refractivity contribution in [3.05, 3.63) is 11.7 Å². The van der Waals surface area contributed by atoms with E-state index < -0.39 is 0 Å². The van der Waals surface area contributed by atoms with Gasteiger partial charge in [0.2, 0.25) is 11.8 Å². The monoisotopic (exact) mass is 334 g/mol. The van der Waals surface area contributed by atoms with Gasteiger partial charge in [-0.05, 0) is 38.5 Å². The standard InChI is InChI=1S/C17H26N4O3/c22-16(21-7-1-2-8-21)12-20(10-14-4-3-9-23-14)11-15-18-17(24-19-15)13-5-6-13/h13-14H,1-12H2/t14-/m1/s1. The number of ether oxygens (including phenoxy) is 1. The number of rotatable bonds is 7. The van der Waals surface area contributed by atoms with Gasteiger partial charge >= 0.3 is 0 Å². The summed E-state index contributed by atoms with van der Waals surface area (Å²) in [6.45, 7) is 4.32. The molecule has 0 radical (unpaired) electrons. The van der Waals surface area contributed by atoms with Crippen LogP contribution in [0.15, 0.2) is 4.52 Å². The highest BCUT2D eigenvalue weighted by molar-refractivity contribution is 5.78. The molecule has 2 saturated heterocycles. The highest BCUT2D eigenvalue weighted by atomic mass is 16.5. The van der Waals surface area contributed by atoms with Gasteiger partial charge in [-0.15, -0.1) is 0 Å². The van der Waals surface area contributed by atoms with Crippen molar-refractivity contribution in [3.63, 3.8) is 0 Å². The van der Waals surface area contributed by atoms with Crippen molar-refractivity contribution in [1.82, 2.24) is 19.9 Å². The van der Waals surface area contributed by atoms with Gasteiger partial charge in [-0.3, -0.25) is 9.69 Å². The van der Waals surface area contributed by atoms with E-state index in [1.807, 2.05) is 4.90 Å². The Hall–Kier alpha value is -1.47. The molecule has 132 valence electrons. The summed E-state index contributed by atoms with van der Waals surface area (Å²) in [5, 5.41) is 4.10. The highest BCUT2D eigenvalue weighted by Crippen LogP contribution is 2.38. The molecule has 3 aliphatic rings. The van der Waals surface area contributed by atoms with Crippen molar-refractivity contribution < 1.29 is 14.1 Å². The minimum absolute atomic E-state index is 0.205. The van der Waals surface area contributed by atoms with E-state index in [1.165, 1.54) is 0 Å². The van der Waals surface area contributed by atoms with Gasteiger partial charge in [0, 0.05) is 32.2 Å². The Labute approximate surface area is 142 Å². The summed E-state index contributed by atoms with van der Waals surface area (Å²) < 4.78 is 11.1. The first kappa shape index (κ1) is 16.0. The van der Waals surface area contributed by atoms with Crippen LogP contribution in [-0.2, 0) is 16.1 Å². The van der Waals surface area contributed by atoms with Crippen LogP contribution in [0.25, 0.3) is 0 Å². The Morgan fingerprint density at radius 2 is 2.04 bits per heavy atom. The average molecular weight is 334 g/mol. The number of carbonyl (C=O) groups is 1. The summed E-state index contributed by atoms with van der Waals surface area (Å²) in [6, 6.07) is 0. The fourth-order valence-electron chi connectivity index (χ4n) is 3.55. The molecule has 1 atom stereocenters. The maximum atomic E-state index is 12.5. The molecular formula is C17H26N4O3. The molecule has 7 nitrogen and oxygen atoms in total. The third kappa shape index (κ3) is 3.95. The molecule has 2 aliphatic heterocycles. The predicted octanol–water partition coefficient (Wildman–Crippen LogP) is 1.55. The normalized spacial score (nSPS) is 24.2. The minimum Gasteiger partial charge on any atom is -0.377 e. The lowest BCUT2D eigenvalue weighted by Gasteiger charge is -2.25. The molecule has 24 heavy (non-hydrogen) atoms. The third-order valence-corrected chi connectivity index (χ3v) is 5.08.